The normalized spacial score (nSPS) is 19.4. The first-order chi connectivity index (χ1) is 9.74. The molecule has 0 spiro atoms. The van der Waals surface area contributed by atoms with Gasteiger partial charge in [-0.25, -0.2) is 0 Å². The van der Waals surface area contributed by atoms with Crippen molar-refractivity contribution in [1.29, 1.82) is 0 Å². The standard InChI is InChI=1S/C15H20N4S/c1-19-8-7-11(10-19)9-17-15-13(14(16)18-20-15)12-5-3-2-4-6-12/h2-6,11,17H,7-10H2,1H3,(H2,16,18). The highest BCUT2D eigenvalue weighted by molar-refractivity contribution is 7.11. The topological polar surface area (TPSA) is 54.2 Å². The van der Waals surface area contributed by atoms with Crippen molar-refractivity contribution in [2.24, 2.45) is 5.92 Å². The molecule has 1 aromatic carbocycles. The van der Waals surface area contributed by atoms with Crippen LogP contribution in [-0.4, -0.2) is 36.0 Å². The van der Waals surface area contributed by atoms with Crippen LogP contribution < -0.4 is 11.1 Å². The van der Waals surface area contributed by atoms with Gasteiger partial charge in [0.15, 0.2) is 0 Å². The zero-order chi connectivity index (χ0) is 13.9. The second kappa shape index (κ2) is 5.81. The molecule has 1 aromatic heterocycles. The van der Waals surface area contributed by atoms with Crippen LogP contribution in [0.4, 0.5) is 10.8 Å². The lowest BCUT2D eigenvalue weighted by molar-refractivity contribution is 0.399. The molecule has 2 heterocycles. The molecule has 1 atom stereocenters. The summed E-state index contributed by atoms with van der Waals surface area (Å²) >= 11 is 1.46. The van der Waals surface area contributed by atoms with Gasteiger partial charge in [0.25, 0.3) is 0 Å². The molecule has 1 aliphatic heterocycles. The van der Waals surface area contributed by atoms with Gasteiger partial charge in [-0.1, -0.05) is 30.3 Å². The molecule has 1 unspecified atom stereocenters. The lowest BCUT2D eigenvalue weighted by Gasteiger charge is -2.12. The van der Waals surface area contributed by atoms with Gasteiger partial charge in [-0.2, -0.15) is 4.37 Å². The SMILES string of the molecule is CN1CCC(CNc2snc(N)c2-c2ccccc2)C1. The first-order valence-electron chi connectivity index (χ1n) is 6.97. The number of nitrogens with zero attached hydrogens (tertiary/aromatic N) is 2. The van der Waals surface area contributed by atoms with E-state index in [2.05, 4.69) is 33.8 Å². The Bertz CT molecular complexity index is 567. The van der Waals surface area contributed by atoms with Crippen molar-refractivity contribution in [3.8, 4) is 11.1 Å². The van der Waals surface area contributed by atoms with Crippen LogP contribution in [0, 0.1) is 5.92 Å². The minimum atomic E-state index is 0.618. The number of nitrogen functional groups attached to an aromatic ring is 1. The molecule has 0 bridgehead atoms. The van der Waals surface area contributed by atoms with Crippen molar-refractivity contribution in [1.82, 2.24) is 9.27 Å². The van der Waals surface area contributed by atoms with Crippen LogP contribution in [0.25, 0.3) is 11.1 Å². The summed E-state index contributed by atoms with van der Waals surface area (Å²) in [5.74, 6) is 1.33. The molecule has 2 aromatic rings. The monoisotopic (exact) mass is 288 g/mol. The van der Waals surface area contributed by atoms with Gasteiger partial charge in [-0.05, 0) is 43.0 Å². The van der Waals surface area contributed by atoms with Crippen LogP contribution in [0.15, 0.2) is 30.3 Å². The molecule has 0 saturated carbocycles. The smallest absolute Gasteiger partial charge is 0.147 e. The maximum Gasteiger partial charge on any atom is 0.147 e. The summed E-state index contributed by atoms with van der Waals surface area (Å²) in [4.78, 5) is 2.38. The van der Waals surface area contributed by atoms with Gasteiger partial charge >= 0.3 is 0 Å². The number of hydrogen-bond acceptors (Lipinski definition) is 5. The van der Waals surface area contributed by atoms with Gasteiger partial charge in [0.1, 0.15) is 10.8 Å². The van der Waals surface area contributed by atoms with E-state index in [-0.39, 0.29) is 0 Å². The van der Waals surface area contributed by atoms with Crippen molar-refractivity contribution in [3.63, 3.8) is 0 Å². The molecule has 5 heteroatoms. The zero-order valence-corrected chi connectivity index (χ0v) is 12.5. The average Bonchev–Trinajstić information content (AvgIpc) is 3.03. The number of hydrogen-bond donors (Lipinski definition) is 2. The summed E-state index contributed by atoms with van der Waals surface area (Å²) in [7, 11) is 2.18. The van der Waals surface area contributed by atoms with Gasteiger partial charge in [-0.3, -0.25) is 0 Å². The van der Waals surface area contributed by atoms with Crippen molar-refractivity contribution in [3.05, 3.63) is 30.3 Å². The summed E-state index contributed by atoms with van der Waals surface area (Å²) in [6.45, 7) is 3.36. The summed E-state index contributed by atoms with van der Waals surface area (Å²) in [6, 6.07) is 10.2. The number of nitrogens with one attached hydrogen (secondary N) is 1. The van der Waals surface area contributed by atoms with Crippen molar-refractivity contribution in [2.75, 3.05) is 37.7 Å². The minimum Gasteiger partial charge on any atom is -0.382 e. The first-order valence-corrected chi connectivity index (χ1v) is 7.74. The Morgan fingerprint density at radius 2 is 2.20 bits per heavy atom. The third-order valence-electron chi connectivity index (χ3n) is 3.82. The minimum absolute atomic E-state index is 0.618. The molecule has 0 aliphatic carbocycles. The van der Waals surface area contributed by atoms with Crippen molar-refractivity contribution >= 4 is 22.4 Å². The van der Waals surface area contributed by atoms with Crippen LogP contribution >= 0.6 is 11.5 Å². The van der Waals surface area contributed by atoms with Crippen LogP contribution in [0.3, 0.4) is 0 Å². The number of benzene rings is 1. The molecule has 1 saturated heterocycles. The van der Waals surface area contributed by atoms with E-state index in [4.69, 9.17) is 5.73 Å². The molecule has 1 fully saturated rings. The molecule has 0 amide bonds. The fraction of sp³-hybridized carbons (Fsp3) is 0.400. The summed E-state index contributed by atoms with van der Waals surface area (Å²) < 4.78 is 4.30. The van der Waals surface area contributed by atoms with E-state index in [0.717, 1.165) is 22.7 Å². The predicted molar refractivity (Wildman–Crippen MR) is 86.1 cm³/mol. The molecule has 0 radical (unpaired) electrons. The molecular formula is C15H20N4S. The van der Waals surface area contributed by atoms with E-state index >= 15 is 0 Å². The lowest BCUT2D eigenvalue weighted by Crippen LogP contribution is -2.19. The largest absolute Gasteiger partial charge is 0.382 e. The number of rotatable bonds is 4. The van der Waals surface area contributed by atoms with Gasteiger partial charge < -0.3 is 16.0 Å². The third-order valence-corrected chi connectivity index (χ3v) is 4.64. The van der Waals surface area contributed by atoms with Crippen molar-refractivity contribution < 1.29 is 0 Å². The van der Waals surface area contributed by atoms with E-state index in [1.807, 2.05) is 18.2 Å². The Kier molecular flexibility index (Phi) is 3.89. The molecule has 1 aliphatic rings. The number of aromatic nitrogens is 1. The molecule has 4 nitrogen and oxygen atoms in total. The van der Waals surface area contributed by atoms with Crippen LogP contribution in [0.1, 0.15) is 6.42 Å². The van der Waals surface area contributed by atoms with Gasteiger partial charge in [0.2, 0.25) is 0 Å². The molecule has 106 valence electrons. The average molecular weight is 288 g/mol. The Morgan fingerprint density at radius 3 is 2.90 bits per heavy atom. The Labute approximate surface area is 123 Å². The zero-order valence-electron chi connectivity index (χ0n) is 11.7. The van der Waals surface area contributed by atoms with E-state index < -0.39 is 0 Å². The maximum absolute atomic E-state index is 6.03. The number of nitrogens with two attached hydrogens (primary N) is 1. The Morgan fingerprint density at radius 1 is 1.40 bits per heavy atom. The van der Waals surface area contributed by atoms with Crippen LogP contribution in [0.5, 0.6) is 0 Å². The van der Waals surface area contributed by atoms with Gasteiger partial charge in [-0.15, -0.1) is 0 Å². The quantitative estimate of drug-likeness (QED) is 0.908. The lowest BCUT2D eigenvalue weighted by atomic mass is 10.1. The number of likely N-dealkylation sites (tertiary alicyclic amines) is 1. The highest BCUT2D eigenvalue weighted by atomic mass is 32.1. The van der Waals surface area contributed by atoms with E-state index in [1.165, 1.54) is 31.0 Å². The second-order valence-electron chi connectivity index (χ2n) is 5.44. The molecule has 3 rings (SSSR count). The van der Waals surface area contributed by atoms with Gasteiger partial charge in [0, 0.05) is 13.1 Å². The van der Waals surface area contributed by atoms with E-state index in [1.54, 1.807) is 0 Å². The van der Waals surface area contributed by atoms with E-state index in [9.17, 15) is 0 Å². The number of anilines is 2. The van der Waals surface area contributed by atoms with E-state index in [0.29, 0.717) is 11.7 Å². The molecule has 20 heavy (non-hydrogen) atoms. The van der Waals surface area contributed by atoms with Crippen LogP contribution in [-0.2, 0) is 0 Å². The van der Waals surface area contributed by atoms with Crippen LogP contribution in [0.2, 0.25) is 0 Å². The third kappa shape index (κ3) is 2.78. The first kappa shape index (κ1) is 13.4. The fourth-order valence-corrected chi connectivity index (χ4v) is 3.48. The van der Waals surface area contributed by atoms with Crippen molar-refractivity contribution in [2.45, 2.75) is 6.42 Å². The highest BCUT2D eigenvalue weighted by Gasteiger charge is 2.20. The second-order valence-corrected chi connectivity index (χ2v) is 6.21. The molecular weight excluding hydrogens is 268 g/mol. The summed E-state index contributed by atoms with van der Waals surface area (Å²) in [5.41, 5.74) is 8.20. The fourth-order valence-electron chi connectivity index (χ4n) is 2.74. The Balaban J connectivity index is 1.74. The van der Waals surface area contributed by atoms with Gasteiger partial charge in [0.05, 0.1) is 5.56 Å². The summed E-state index contributed by atoms with van der Waals surface area (Å²) in [5, 5.41) is 4.63. The summed E-state index contributed by atoms with van der Waals surface area (Å²) in [6.07, 6.45) is 1.26. The highest BCUT2D eigenvalue weighted by Crippen LogP contribution is 2.36. The Hall–Kier alpha value is -1.59. The molecule has 3 N–H and O–H groups in total. The predicted octanol–water partition coefficient (Wildman–Crippen LogP) is 2.76. The maximum atomic E-state index is 6.03.